The molecule has 31 heavy (non-hydrogen) atoms. The molecule has 1 saturated carbocycles. The molecule has 2 aliphatic rings. The van der Waals surface area contributed by atoms with Crippen LogP contribution < -0.4 is 15.2 Å². The van der Waals surface area contributed by atoms with Crippen LogP contribution in [0.5, 0.6) is 11.5 Å². The first-order chi connectivity index (χ1) is 14.9. The van der Waals surface area contributed by atoms with Crippen LogP contribution in [0.1, 0.15) is 43.5 Å². The van der Waals surface area contributed by atoms with Crippen molar-refractivity contribution >= 4 is 22.7 Å². The van der Waals surface area contributed by atoms with Gasteiger partial charge in [-0.1, -0.05) is 0 Å². The van der Waals surface area contributed by atoms with E-state index in [2.05, 4.69) is 4.98 Å². The van der Waals surface area contributed by atoms with Crippen LogP contribution in [-0.4, -0.2) is 47.0 Å². The molecule has 2 amide bonds. The van der Waals surface area contributed by atoms with E-state index in [4.69, 9.17) is 20.5 Å². The first kappa shape index (κ1) is 20.9. The number of likely N-dealkylation sites (tertiary alicyclic amines) is 1. The number of pyridine rings is 1. The van der Waals surface area contributed by atoms with Gasteiger partial charge in [-0.25, -0.2) is 0 Å². The largest absolute Gasteiger partial charge is 0.490 e. The number of piperidine rings is 1. The van der Waals surface area contributed by atoms with Crippen molar-refractivity contribution in [2.24, 2.45) is 17.6 Å². The molecule has 2 bridgehead atoms. The molecule has 1 aromatic carbocycles. The van der Waals surface area contributed by atoms with Gasteiger partial charge in [0, 0.05) is 30.6 Å². The number of carbonyl (C=O) groups is 2. The van der Waals surface area contributed by atoms with Crippen LogP contribution in [0.4, 0.5) is 0 Å². The Morgan fingerprint density at radius 3 is 2.81 bits per heavy atom. The Morgan fingerprint density at radius 1 is 1.29 bits per heavy atom. The molecule has 2 fully saturated rings. The third kappa shape index (κ3) is 4.26. The topological polar surface area (TPSA) is 119 Å². The third-order valence-electron chi connectivity index (χ3n) is 5.95. The Morgan fingerprint density at radius 2 is 2.10 bits per heavy atom. The van der Waals surface area contributed by atoms with Gasteiger partial charge in [0.2, 0.25) is 5.91 Å². The van der Waals surface area contributed by atoms with E-state index in [1.165, 1.54) is 0 Å². The number of benzene rings is 1. The number of fused-ring (bicyclic) bond motifs is 3. The highest BCUT2D eigenvalue weighted by atomic mass is 16.5. The summed E-state index contributed by atoms with van der Waals surface area (Å²) in [5.41, 5.74) is 6.43. The molecule has 0 radical (unpaired) electrons. The quantitative estimate of drug-likeness (QED) is 0.764. The van der Waals surface area contributed by atoms with Crippen LogP contribution in [0, 0.1) is 23.2 Å². The van der Waals surface area contributed by atoms with E-state index in [-0.39, 0.29) is 36.0 Å². The minimum absolute atomic E-state index is 0.0271. The van der Waals surface area contributed by atoms with E-state index in [1.807, 2.05) is 26.0 Å². The summed E-state index contributed by atoms with van der Waals surface area (Å²) in [6.07, 6.45) is 3.29. The molecule has 1 aromatic heterocycles. The Balaban J connectivity index is 1.61. The van der Waals surface area contributed by atoms with Gasteiger partial charge in [-0.3, -0.25) is 14.6 Å². The zero-order valence-corrected chi connectivity index (χ0v) is 17.7. The van der Waals surface area contributed by atoms with Crippen LogP contribution in [0.15, 0.2) is 24.4 Å². The van der Waals surface area contributed by atoms with Crippen LogP contribution in [0.25, 0.3) is 10.9 Å². The summed E-state index contributed by atoms with van der Waals surface area (Å²) >= 11 is 0. The Hall–Kier alpha value is -3.34. The van der Waals surface area contributed by atoms with E-state index in [9.17, 15) is 9.59 Å². The van der Waals surface area contributed by atoms with Crippen molar-refractivity contribution in [3.63, 3.8) is 0 Å². The average Bonchev–Trinajstić information content (AvgIpc) is 3.00. The van der Waals surface area contributed by atoms with Crippen LogP contribution >= 0.6 is 0 Å². The summed E-state index contributed by atoms with van der Waals surface area (Å²) < 4.78 is 12.3. The number of nitrogens with two attached hydrogens (primary N) is 1. The zero-order chi connectivity index (χ0) is 22.1. The number of nitrogens with zero attached hydrogens (tertiary/aromatic N) is 3. The van der Waals surface area contributed by atoms with Gasteiger partial charge in [0.05, 0.1) is 23.3 Å². The third-order valence-corrected chi connectivity index (χ3v) is 5.95. The summed E-state index contributed by atoms with van der Waals surface area (Å²) in [4.78, 5) is 30.2. The van der Waals surface area contributed by atoms with E-state index in [1.54, 1.807) is 23.2 Å². The molecule has 4 rings (SSSR count). The van der Waals surface area contributed by atoms with Gasteiger partial charge in [0.25, 0.3) is 5.91 Å². The predicted octanol–water partition coefficient (Wildman–Crippen LogP) is 2.65. The number of hydrogen-bond acceptors (Lipinski definition) is 6. The lowest BCUT2D eigenvalue weighted by Crippen LogP contribution is -2.42. The van der Waals surface area contributed by atoms with Crippen LogP contribution in [0.3, 0.4) is 0 Å². The Kier molecular flexibility index (Phi) is 5.68. The maximum Gasteiger partial charge on any atom is 0.252 e. The maximum atomic E-state index is 12.2. The smallest absolute Gasteiger partial charge is 0.252 e. The van der Waals surface area contributed by atoms with Crippen molar-refractivity contribution < 1.29 is 19.1 Å². The van der Waals surface area contributed by atoms with Gasteiger partial charge in [0.1, 0.15) is 24.0 Å². The number of carbonyl (C=O) groups excluding carboxylic acids is 2. The van der Waals surface area contributed by atoms with Crippen molar-refractivity contribution in [2.45, 2.75) is 45.3 Å². The molecule has 1 aliphatic carbocycles. The van der Waals surface area contributed by atoms with Crippen molar-refractivity contribution in [3.8, 4) is 17.6 Å². The van der Waals surface area contributed by atoms with E-state index >= 15 is 0 Å². The van der Waals surface area contributed by atoms with Crippen LogP contribution in [-0.2, 0) is 4.79 Å². The number of amides is 2. The van der Waals surface area contributed by atoms with Gasteiger partial charge in [-0.2, -0.15) is 5.26 Å². The lowest BCUT2D eigenvalue weighted by molar-refractivity contribution is -0.132. The van der Waals surface area contributed by atoms with Crippen molar-refractivity contribution in [2.75, 3.05) is 13.1 Å². The molecule has 162 valence electrons. The maximum absolute atomic E-state index is 12.2. The first-order valence-corrected chi connectivity index (χ1v) is 10.6. The van der Waals surface area contributed by atoms with E-state index in [0.29, 0.717) is 36.0 Å². The lowest BCUT2D eigenvalue weighted by atomic mass is 9.98. The summed E-state index contributed by atoms with van der Waals surface area (Å²) in [5, 5.41) is 9.58. The van der Waals surface area contributed by atoms with Gasteiger partial charge in [0.15, 0.2) is 0 Å². The average molecular weight is 422 g/mol. The highest BCUT2D eigenvalue weighted by Crippen LogP contribution is 2.41. The standard InChI is InChI=1S/C23H26N4O4/c1-13(2)30-21-10-16-18(9-17(21)23(25)29)26-6-4-19(16)31-20-8-14-7-15(20)12-27(11-14)22(28)3-5-24/h4,6,9-10,13-15,20H,3,7-8,11-12H2,1-2H3,(H2,25,29)/t14-,15+,20+/m0/s1. The second-order valence-corrected chi connectivity index (χ2v) is 8.59. The molecule has 2 N–H and O–H groups in total. The van der Waals surface area contributed by atoms with Crippen molar-refractivity contribution in [3.05, 3.63) is 30.0 Å². The highest BCUT2D eigenvalue weighted by molar-refractivity contribution is 6.01. The second-order valence-electron chi connectivity index (χ2n) is 8.59. The van der Waals surface area contributed by atoms with E-state index < -0.39 is 5.91 Å². The molecule has 1 saturated heterocycles. The first-order valence-electron chi connectivity index (χ1n) is 10.6. The number of primary amides is 1. The monoisotopic (exact) mass is 422 g/mol. The number of hydrogen-bond donors (Lipinski definition) is 1. The lowest BCUT2D eigenvalue weighted by Gasteiger charge is -2.32. The van der Waals surface area contributed by atoms with Gasteiger partial charge >= 0.3 is 0 Å². The van der Waals surface area contributed by atoms with Crippen molar-refractivity contribution in [1.29, 1.82) is 5.26 Å². The molecule has 0 spiro atoms. The molecular weight excluding hydrogens is 396 g/mol. The number of rotatable bonds is 6. The summed E-state index contributed by atoms with van der Waals surface area (Å²) in [6, 6.07) is 7.16. The van der Waals surface area contributed by atoms with Gasteiger partial charge in [-0.15, -0.1) is 0 Å². The van der Waals surface area contributed by atoms with Crippen molar-refractivity contribution in [1.82, 2.24) is 9.88 Å². The minimum Gasteiger partial charge on any atom is -0.490 e. The fraction of sp³-hybridized carbons (Fsp3) is 0.478. The number of ether oxygens (including phenoxy) is 2. The number of aromatic nitrogens is 1. The molecule has 2 aromatic rings. The molecular formula is C23H26N4O4. The summed E-state index contributed by atoms with van der Waals surface area (Å²) in [5.74, 6) is 0.995. The Labute approximate surface area is 180 Å². The molecule has 0 unspecified atom stereocenters. The molecule has 2 heterocycles. The predicted molar refractivity (Wildman–Crippen MR) is 113 cm³/mol. The summed E-state index contributed by atoms with van der Waals surface area (Å²) in [6.45, 7) is 5.06. The number of nitriles is 1. The second kappa shape index (κ2) is 8.42. The SMILES string of the molecule is CC(C)Oc1cc2c(O[C@@H]3C[C@@H]4C[C@@H]3CN(C(=O)CC#N)C4)ccnc2cc1C(N)=O. The normalized spacial score (nSPS) is 22.4. The Bertz CT molecular complexity index is 1060. The van der Waals surface area contributed by atoms with Gasteiger partial charge < -0.3 is 20.1 Å². The van der Waals surface area contributed by atoms with E-state index in [0.717, 1.165) is 18.2 Å². The van der Waals surface area contributed by atoms with Gasteiger partial charge in [-0.05, 0) is 50.8 Å². The molecule has 3 atom stereocenters. The zero-order valence-electron chi connectivity index (χ0n) is 17.7. The molecule has 1 aliphatic heterocycles. The molecule has 8 nitrogen and oxygen atoms in total. The fourth-order valence-electron chi connectivity index (χ4n) is 4.69. The fourth-order valence-corrected chi connectivity index (χ4v) is 4.69. The highest BCUT2D eigenvalue weighted by Gasteiger charge is 2.42. The molecule has 8 heteroatoms. The van der Waals surface area contributed by atoms with Crippen LogP contribution in [0.2, 0.25) is 0 Å². The summed E-state index contributed by atoms with van der Waals surface area (Å²) in [7, 11) is 0. The minimum atomic E-state index is -0.572.